The fraction of sp³-hybridized carbons (Fsp3) is 0.500. The molecule has 1 aromatic carbocycles. The summed E-state index contributed by atoms with van der Waals surface area (Å²) in [5, 5.41) is 0.830. The van der Waals surface area contributed by atoms with Crippen molar-refractivity contribution in [3.8, 4) is 0 Å². The van der Waals surface area contributed by atoms with Gasteiger partial charge >= 0.3 is 0 Å². The molecule has 90 valence electrons. The van der Waals surface area contributed by atoms with Crippen LogP contribution in [-0.4, -0.2) is 25.9 Å². The van der Waals surface area contributed by atoms with Crippen molar-refractivity contribution in [3.63, 3.8) is 0 Å². The largest absolute Gasteiger partial charge is 0.374 e. The molecule has 4 heteroatoms. The highest BCUT2D eigenvalue weighted by Gasteiger charge is 2.24. The fourth-order valence-corrected chi connectivity index (χ4v) is 3.41. The molecule has 0 saturated heterocycles. The molecule has 0 N–H and O–H groups in total. The summed E-state index contributed by atoms with van der Waals surface area (Å²) < 4.78 is 23.3. The van der Waals surface area contributed by atoms with Crippen LogP contribution in [0.3, 0.4) is 0 Å². The van der Waals surface area contributed by atoms with Crippen molar-refractivity contribution >= 4 is 12.4 Å². The molecule has 3 nitrogen and oxygen atoms in total. The van der Waals surface area contributed by atoms with Crippen LogP contribution in [0.25, 0.3) is 0 Å². The van der Waals surface area contributed by atoms with Crippen molar-refractivity contribution in [1.29, 1.82) is 0 Å². The summed E-state index contributed by atoms with van der Waals surface area (Å²) >= 11 is 0. The quantitative estimate of drug-likeness (QED) is 0.689. The first-order chi connectivity index (χ1) is 7.73. The van der Waals surface area contributed by atoms with E-state index in [-0.39, 0.29) is 12.7 Å². The highest BCUT2D eigenvalue weighted by Crippen LogP contribution is 2.44. The lowest BCUT2D eigenvalue weighted by Gasteiger charge is -2.18. The lowest BCUT2D eigenvalue weighted by Crippen LogP contribution is -2.14. The van der Waals surface area contributed by atoms with E-state index in [1.807, 2.05) is 44.2 Å². The zero-order valence-electron chi connectivity index (χ0n) is 9.89. The monoisotopic (exact) mass is 242 g/mol. The molecule has 1 aromatic rings. The SMILES string of the molecule is CCOCP(=O)(COCC)c1ccccc1. The Hall–Kier alpha value is -0.630. The van der Waals surface area contributed by atoms with E-state index in [0.29, 0.717) is 13.2 Å². The first-order valence-corrected chi connectivity index (χ1v) is 7.60. The summed E-state index contributed by atoms with van der Waals surface area (Å²) in [7, 11) is -2.55. The highest BCUT2D eigenvalue weighted by molar-refractivity contribution is 7.71. The number of benzene rings is 1. The van der Waals surface area contributed by atoms with Gasteiger partial charge in [-0.25, -0.2) is 0 Å². The normalized spacial score (nSPS) is 11.6. The molecular formula is C12H19O3P. The summed E-state index contributed by atoms with van der Waals surface area (Å²) in [4.78, 5) is 0. The molecule has 0 amide bonds. The molecule has 0 saturated carbocycles. The van der Waals surface area contributed by atoms with Crippen LogP contribution in [0.15, 0.2) is 30.3 Å². The molecule has 0 heterocycles. The van der Waals surface area contributed by atoms with Crippen LogP contribution in [-0.2, 0) is 14.0 Å². The number of rotatable bonds is 7. The van der Waals surface area contributed by atoms with Crippen molar-refractivity contribution in [3.05, 3.63) is 30.3 Å². The van der Waals surface area contributed by atoms with Gasteiger partial charge in [-0.3, -0.25) is 0 Å². The minimum atomic E-state index is -2.55. The molecule has 0 fully saturated rings. The molecule has 0 radical (unpaired) electrons. The van der Waals surface area contributed by atoms with E-state index in [1.165, 1.54) is 0 Å². The van der Waals surface area contributed by atoms with E-state index >= 15 is 0 Å². The maximum atomic E-state index is 12.7. The molecule has 0 atom stereocenters. The van der Waals surface area contributed by atoms with Gasteiger partial charge in [-0.15, -0.1) is 0 Å². The van der Waals surface area contributed by atoms with Crippen LogP contribution < -0.4 is 5.30 Å². The summed E-state index contributed by atoms with van der Waals surface area (Å²) in [5.74, 6) is 0. The average molecular weight is 242 g/mol. The van der Waals surface area contributed by atoms with Gasteiger partial charge < -0.3 is 14.0 Å². The molecule has 0 aromatic heterocycles. The third-order valence-electron chi connectivity index (χ3n) is 2.23. The first kappa shape index (κ1) is 13.4. The topological polar surface area (TPSA) is 35.5 Å². The van der Waals surface area contributed by atoms with E-state index in [0.717, 1.165) is 5.30 Å². The Morgan fingerprint density at radius 3 is 1.94 bits per heavy atom. The van der Waals surface area contributed by atoms with E-state index in [1.54, 1.807) is 0 Å². The lowest BCUT2D eigenvalue weighted by atomic mass is 10.4. The van der Waals surface area contributed by atoms with Crippen LogP contribution in [0.4, 0.5) is 0 Å². The van der Waals surface area contributed by atoms with Crippen LogP contribution >= 0.6 is 7.14 Å². The second-order valence-corrected chi connectivity index (χ2v) is 6.28. The van der Waals surface area contributed by atoms with E-state index in [9.17, 15) is 4.57 Å². The summed E-state index contributed by atoms with van der Waals surface area (Å²) in [6, 6.07) is 9.44. The Bertz CT molecular complexity index is 325. The van der Waals surface area contributed by atoms with Gasteiger partial charge in [0.25, 0.3) is 0 Å². The van der Waals surface area contributed by atoms with Gasteiger partial charge in [0.05, 0.1) is 0 Å². The number of hydrogen-bond acceptors (Lipinski definition) is 3. The molecule has 16 heavy (non-hydrogen) atoms. The standard InChI is InChI=1S/C12H19O3P/c1-3-14-10-16(13,11-15-4-2)12-8-6-5-7-9-12/h5-9H,3-4,10-11H2,1-2H3. The van der Waals surface area contributed by atoms with Gasteiger partial charge in [0.2, 0.25) is 0 Å². The number of ether oxygens (including phenoxy) is 2. The smallest absolute Gasteiger partial charge is 0.164 e. The van der Waals surface area contributed by atoms with Gasteiger partial charge in [-0.2, -0.15) is 0 Å². The van der Waals surface area contributed by atoms with Gasteiger partial charge in [0.1, 0.15) is 12.7 Å². The van der Waals surface area contributed by atoms with E-state index in [4.69, 9.17) is 9.47 Å². The molecule has 0 aliphatic heterocycles. The van der Waals surface area contributed by atoms with Gasteiger partial charge in [-0.05, 0) is 13.8 Å². The van der Waals surface area contributed by atoms with Crippen molar-refractivity contribution in [2.75, 3.05) is 25.9 Å². The Morgan fingerprint density at radius 1 is 1.00 bits per heavy atom. The molecule has 0 aliphatic rings. The fourth-order valence-electron chi connectivity index (χ4n) is 1.36. The summed E-state index contributed by atoms with van der Waals surface area (Å²) in [6.45, 7) is 4.94. The van der Waals surface area contributed by atoms with Crippen LogP contribution in [0.5, 0.6) is 0 Å². The minimum Gasteiger partial charge on any atom is -0.374 e. The Balaban J connectivity index is 2.82. The van der Waals surface area contributed by atoms with E-state index in [2.05, 4.69) is 0 Å². The summed E-state index contributed by atoms with van der Waals surface area (Å²) in [5.41, 5.74) is 0. The van der Waals surface area contributed by atoms with Crippen molar-refractivity contribution in [1.82, 2.24) is 0 Å². The third kappa shape index (κ3) is 3.75. The van der Waals surface area contributed by atoms with Crippen molar-refractivity contribution in [2.45, 2.75) is 13.8 Å². The molecule has 0 spiro atoms. The van der Waals surface area contributed by atoms with E-state index < -0.39 is 7.14 Å². The van der Waals surface area contributed by atoms with Crippen LogP contribution in [0.2, 0.25) is 0 Å². The maximum Gasteiger partial charge on any atom is 0.164 e. The second kappa shape index (κ2) is 6.85. The van der Waals surface area contributed by atoms with Crippen molar-refractivity contribution < 1.29 is 14.0 Å². The zero-order valence-corrected chi connectivity index (χ0v) is 10.8. The first-order valence-electron chi connectivity index (χ1n) is 5.52. The molecule has 1 rings (SSSR count). The molecular weight excluding hydrogens is 223 g/mol. The molecule has 0 unspecified atom stereocenters. The van der Waals surface area contributed by atoms with Crippen molar-refractivity contribution in [2.24, 2.45) is 0 Å². The highest BCUT2D eigenvalue weighted by atomic mass is 31.2. The zero-order chi connectivity index (χ0) is 11.9. The molecule has 0 aliphatic carbocycles. The predicted molar refractivity (Wildman–Crippen MR) is 66.7 cm³/mol. The van der Waals surface area contributed by atoms with Crippen LogP contribution in [0.1, 0.15) is 13.8 Å². The molecule has 0 bridgehead atoms. The minimum absolute atomic E-state index is 0.257. The van der Waals surface area contributed by atoms with Crippen LogP contribution in [0, 0.1) is 0 Å². The Labute approximate surface area is 97.1 Å². The second-order valence-electron chi connectivity index (χ2n) is 3.47. The van der Waals surface area contributed by atoms with Gasteiger partial charge in [0, 0.05) is 18.5 Å². The predicted octanol–water partition coefficient (Wildman–Crippen LogP) is 2.66. The lowest BCUT2D eigenvalue weighted by molar-refractivity contribution is 0.171. The van der Waals surface area contributed by atoms with Gasteiger partial charge in [0.15, 0.2) is 7.14 Å². The third-order valence-corrected chi connectivity index (χ3v) is 4.67. The Kier molecular flexibility index (Phi) is 5.75. The maximum absolute atomic E-state index is 12.7. The number of hydrogen-bond donors (Lipinski definition) is 0. The average Bonchev–Trinajstić information content (AvgIpc) is 2.35. The summed E-state index contributed by atoms with van der Waals surface area (Å²) in [6.07, 6.45) is 0.515. The Morgan fingerprint density at radius 2 is 1.50 bits per heavy atom. The van der Waals surface area contributed by atoms with Gasteiger partial charge in [-0.1, -0.05) is 30.3 Å².